The van der Waals surface area contributed by atoms with E-state index in [0.29, 0.717) is 0 Å². The first-order chi connectivity index (χ1) is 13.3. The average molecular weight is 509 g/mol. The molecule has 0 saturated carbocycles. The van der Waals surface area contributed by atoms with Crippen molar-refractivity contribution in [1.82, 2.24) is 0 Å². The molecule has 0 fully saturated rings. The summed E-state index contributed by atoms with van der Waals surface area (Å²) in [6, 6.07) is 0. The van der Waals surface area contributed by atoms with E-state index in [-0.39, 0.29) is 28.1 Å². The third kappa shape index (κ3) is 28.8. The molecule has 0 bridgehead atoms. The fourth-order valence-electron chi connectivity index (χ4n) is 3.62. The number of carbonyl (C=O) groups is 1. The second-order valence-corrected chi connectivity index (χ2v) is 9.27. The maximum atomic E-state index is 10.4. The van der Waals surface area contributed by atoms with Crippen LogP contribution in [0, 0.1) is 0 Å². The number of carboxylic acids is 1. The standard InChI is InChI=1S/C24H48O2S.Ag/c1-2-3-4-5-6-7-8-9-10-11-12-13-14-15-16-17-18-19-20-21-22-27-23-24(25)26;/h2-23H2,1H3,(H,25,26);. The Kier molecular flexibility index (Phi) is 30.3. The molecule has 28 heavy (non-hydrogen) atoms. The van der Waals surface area contributed by atoms with E-state index in [1.54, 1.807) is 11.8 Å². The molecule has 0 aliphatic carbocycles. The molecule has 4 heteroatoms. The third-order valence-corrected chi connectivity index (χ3v) is 6.40. The summed E-state index contributed by atoms with van der Waals surface area (Å²) in [5.41, 5.74) is 0. The van der Waals surface area contributed by atoms with Gasteiger partial charge in [0.1, 0.15) is 0 Å². The van der Waals surface area contributed by atoms with Gasteiger partial charge in [0.2, 0.25) is 0 Å². The second-order valence-electron chi connectivity index (χ2n) is 8.16. The van der Waals surface area contributed by atoms with Crippen molar-refractivity contribution in [2.75, 3.05) is 11.5 Å². The summed E-state index contributed by atoms with van der Waals surface area (Å²) in [6.07, 6.45) is 28.1. The summed E-state index contributed by atoms with van der Waals surface area (Å²) in [4.78, 5) is 10.4. The van der Waals surface area contributed by atoms with Gasteiger partial charge in [0, 0.05) is 22.4 Å². The van der Waals surface area contributed by atoms with Gasteiger partial charge >= 0.3 is 5.97 Å². The fourth-order valence-corrected chi connectivity index (χ4v) is 4.35. The SMILES string of the molecule is CCCCCCCCCCCCCCCCCCCCCCSCC(=O)O.[Ag]. The molecule has 0 aromatic carbocycles. The van der Waals surface area contributed by atoms with Crippen LogP contribution in [-0.2, 0) is 27.2 Å². The first-order valence-corrected chi connectivity index (χ1v) is 13.2. The fraction of sp³-hybridized carbons (Fsp3) is 0.958. The summed E-state index contributed by atoms with van der Waals surface area (Å²) in [5, 5.41) is 8.56. The van der Waals surface area contributed by atoms with E-state index in [9.17, 15) is 4.79 Å². The van der Waals surface area contributed by atoms with Crippen molar-refractivity contribution in [3.63, 3.8) is 0 Å². The Hall–Kier alpha value is 0.560. The van der Waals surface area contributed by atoms with Gasteiger partial charge in [-0.25, -0.2) is 0 Å². The molecule has 1 N–H and O–H groups in total. The maximum Gasteiger partial charge on any atom is 0.313 e. The van der Waals surface area contributed by atoms with Crippen LogP contribution in [0.15, 0.2) is 0 Å². The topological polar surface area (TPSA) is 37.3 Å². The van der Waals surface area contributed by atoms with E-state index in [1.807, 2.05) is 0 Å². The van der Waals surface area contributed by atoms with Gasteiger partial charge in [-0.05, 0) is 12.2 Å². The molecule has 0 aromatic heterocycles. The minimum atomic E-state index is -0.687. The Bertz CT molecular complexity index is 300. The van der Waals surface area contributed by atoms with Crippen molar-refractivity contribution in [3.05, 3.63) is 0 Å². The van der Waals surface area contributed by atoms with Crippen molar-refractivity contribution in [1.29, 1.82) is 0 Å². The van der Waals surface area contributed by atoms with Crippen LogP contribution in [0.3, 0.4) is 0 Å². The molecule has 0 aliphatic heterocycles. The molecular formula is C24H48AgO2S. The van der Waals surface area contributed by atoms with E-state index in [1.165, 1.54) is 128 Å². The molecule has 0 atom stereocenters. The van der Waals surface area contributed by atoms with Gasteiger partial charge < -0.3 is 5.11 Å². The van der Waals surface area contributed by atoms with E-state index in [0.717, 1.165) is 5.75 Å². The maximum absolute atomic E-state index is 10.4. The number of hydrogen-bond donors (Lipinski definition) is 1. The molecule has 0 saturated heterocycles. The molecule has 0 heterocycles. The molecule has 0 aliphatic rings. The van der Waals surface area contributed by atoms with Gasteiger partial charge in [0.25, 0.3) is 0 Å². The van der Waals surface area contributed by atoms with Gasteiger partial charge in [-0.15, -0.1) is 0 Å². The summed E-state index contributed by atoms with van der Waals surface area (Å²) < 4.78 is 0. The van der Waals surface area contributed by atoms with Crippen LogP contribution in [0.25, 0.3) is 0 Å². The van der Waals surface area contributed by atoms with Crippen LogP contribution >= 0.6 is 11.8 Å². The van der Waals surface area contributed by atoms with Gasteiger partial charge in [-0.3, -0.25) is 4.79 Å². The zero-order valence-electron chi connectivity index (χ0n) is 18.6. The Morgan fingerprint density at radius 2 is 0.857 bits per heavy atom. The predicted molar refractivity (Wildman–Crippen MR) is 123 cm³/mol. The Labute approximate surface area is 196 Å². The molecule has 1 radical (unpaired) electrons. The molecule has 0 aromatic rings. The van der Waals surface area contributed by atoms with E-state index >= 15 is 0 Å². The smallest absolute Gasteiger partial charge is 0.313 e. The van der Waals surface area contributed by atoms with Crippen LogP contribution in [0.2, 0.25) is 0 Å². The molecule has 0 unspecified atom stereocenters. The Balaban J connectivity index is 0. The van der Waals surface area contributed by atoms with Crippen molar-refractivity contribution >= 4 is 17.7 Å². The summed E-state index contributed by atoms with van der Waals surface area (Å²) in [6.45, 7) is 2.29. The summed E-state index contributed by atoms with van der Waals surface area (Å²) in [7, 11) is 0. The monoisotopic (exact) mass is 507 g/mol. The van der Waals surface area contributed by atoms with Crippen molar-refractivity contribution in [2.45, 2.75) is 135 Å². The van der Waals surface area contributed by atoms with Crippen LogP contribution in [-0.4, -0.2) is 22.6 Å². The third-order valence-electron chi connectivity index (χ3n) is 5.37. The van der Waals surface area contributed by atoms with Gasteiger partial charge in [0.05, 0.1) is 5.75 Å². The molecule has 2 nitrogen and oxygen atoms in total. The summed E-state index contributed by atoms with van der Waals surface area (Å²) >= 11 is 1.55. The molecule has 0 rings (SSSR count). The van der Waals surface area contributed by atoms with Crippen LogP contribution < -0.4 is 0 Å². The first kappa shape index (κ1) is 30.8. The molecule has 0 amide bonds. The number of thioether (sulfide) groups is 1. The van der Waals surface area contributed by atoms with Crippen molar-refractivity contribution in [3.8, 4) is 0 Å². The van der Waals surface area contributed by atoms with Crippen LogP contribution in [0.5, 0.6) is 0 Å². The van der Waals surface area contributed by atoms with Crippen LogP contribution in [0.1, 0.15) is 135 Å². The minimum Gasteiger partial charge on any atom is -0.481 e. The zero-order chi connectivity index (χ0) is 19.8. The minimum absolute atomic E-state index is 0. The Morgan fingerprint density at radius 1 is 0.571 bits per heavy atom. The zero-order valence-corrected chi connectivity index (χ0v) is 20.9. The average Bonchev–Trinajstić information content (AvgIpc) is 2.65. The predicted octanol–water partition coefficient (Wildman–Crippen LogP) is 8.62. The summed E-state index contributed by atoms with van der Waals surface area (Å²) in [5.74, 6) is 0.581. The number of hydrogen-bond acceptors (Lipinski definition) is 2. The number of unbranched alkanes of at least 4 members (excludes halogenated alkanes) is 19. The van der Waals surface area contributed by atoms with Gasteiger partial charge in [-0.1, -0.05) is 129 Å². The van der Waals surface area contributed by atoms with Gasteiger partial charge in [0.15, 0.2) is 0 Å². The van der Waals surface area contributed by atoms with Crippen molar-refractivity contribution in [2.24, 2.45) is 0 Å². The quantitative estimate of drug-likeness (QED) is 0.111. The first-order valence-electron chi connectivity index (χ1n) is 12.1. The second kappa shape index (κ2) is 27.6. The molecular weight excluding hydrogens is 460 g/mol. The number of carboxylic acid groups (broad SMARTS) is 1. The van der Waals surface area contributed by atoms with Gasteiger partial charge in [-0.2, -0.15) is 11.8 Å². The Morgan fingerprint density at radius 3 is 1.14 bits per heavy atom. The van der Waals surface area contributed by atoms with Crippen LogP contribution in [0.4, 0.5) is 0 Å². The molecule has 173 valence electrons. The van der Waals surface area contributed by atoms with E-state index in [2.05, 4.69) is 6.92 Å². The molecule has 0 spiro atoms. The normalized spacial score (nSPS) is 10.8. The number of rotatable bonds is 23. The van der Waals surface area contributed by atoms with E-state index in [4.69, 9.17) is 5.11 Å². The van der Waals surface area contributed by atoms with E-state index < -0.39 is 5.97 Å². The number of aliphatic carboxylic acids is 1. The van der Waals surface area contributed by atoms with Crippen molar-refractivity contribution < 1.29 is 32.3 Å². The largest absolute Gasteiger partial charge is 0.481 e.